The molecule has 10 aliphatic carbocycles. The quantitative estimate of drug-likeness (QED) is 0.171. The van der Waals surface area contributed by atoms with Crippen LogP contribution in [0.2, 0.25) is 0 Å². The summed E-state index contributed by atoms with van der Waals surface area (Å²) in [5, 5.41) is 0. The fourth-order valence-electron chi connectivity index (χ4n) is 21.5. The van der Waals surface area contributed by atoms with Gasteiger partial charge in [0.05, 0.1) is 13.2 Å². The lowest BCUT2D eigenvalue weighted by atomic mass is 9.59. The molecule has 554 valence electrons. The third kappa shape index (κ3) is 27.7. The maximum Gasteiger partial charge on any atom is 0.231 e. The van der Waals surface area contributed by atoms with E-state index in [2.05, 4.69) is 143 Å². The van der Waals surface area contributed by atoms with Gasteiger partial charge in [0.2, 0.25) is 5.79 Å². The number of ether oxygens (including phenoxy) is 2. The van der Waals surface area contributed by atoms with Crippen LogP contribution < -0.4 is 0 Å². The molecule has 0 aromatic heterocycles. The van der Waals surface area contributed by atoms with E-state index in [1.807, 2.05) is 27.7 Å². The van der Waals surface area contributed by atoms with Crippen molar-refractivity contribution in [3.05, 3.63) is 0 Å². The molecule has 2 nitrogen and oxygen atoms in total. The van der Waals surface area contributed by atoms with E-state index < -0.39 is 5.79 Å². The van der Waals surface area contributed by atoms with Crippen molar-refractivity contribution < 1.29 is 9.47 Å². The van der Waals surface area contributed by atoms with Crippen LogP contribution in [0.3, 0.4) is 0 Å². The van der Waals surface area contributed by atoms with Crippen LogP contribution in [-0.2, 0) is 9.47 Å². The zero-order valence-electron chi connectivity index (χ0n) is 67.1. The lowest BCUT2D eigenvalue weighted by Gasteiger charge is -2.44. The molecular formula is C98H150O2. The van der Waals surface area contributed by atoms with Gasteiger partial charge in [-0.2, -0.15) is 0 Å². The molecule has 1 heterocycles. The van der Waals surface area contributed by atoms with Crippen molar-refractivity contribution >= 4 is 0 Å². The minimum Gasteiger partial charge on any atom is -0.339 e. The SMILES string of the molecule is CC#CC#CC1(C)CCC(CCC2CCC(C3CCC(C)CC3)CC2)CC1.CC#CC#CC1(C)OCC(C2CCC(C)CC2)CO1.CC#CC#CC1(C2CCC(CCC3CCC(C)CC3)CC2)CCC(C)CC1.CC#CC#CC1(CCC2CCC(C)CC2)CCC(C2CCC(C)CC2)CC1. The Morgan fingerprint density at radius 2 is 0.580 bits per heavy atom. The van der Waals surface area contributed by atoms with Crippen molar-refractivity contribution in [1.29, 1.82) is 0 Å². The van der Waals surface area contributed by atoms with Gasteiger partial charge in [0, 0.05) is 29.1 Å². The largest absolute Gasteiger partial charge is 0.339 e. The third-order valence-electron chi connectivity index (χ3n) is 29.5. The highest BCUT2D eigenvalue weighted by Gasteiger charge is 2.43. The van der Waals surface area contributed by atoms with Gasteiger partial charge in [-0.3, -0.25) is 0 Å². The summed E-state index contributed by atoms with van der Waals surface area (Å²) in [7, 11) is 0. The Bertz CT molecular complexity index is 2860. The molecule has 0 aromatic rings. The molecule has 0 unspecified atom stereocenters. The summed E-state index contributed by atoms with van der Waals surface area (Å²) < 4.78 is 11.7. The highest BCUT2D eigenvalue weighted by atomic mass is 16.7. The van der Waals surface area contributed by atoms with Gasteiger partial charge in [0.1, 0.15) is 0 Å². The van der Waals surface area contributed by atoms with E-state index in [1.54, 1.807) is 19.8 Å². The Hall–Kier alpha value is -3.60. The fourth-order valence-corrected chi connectivity index (χ4v) is 21.5. The van der Waals surface area contributed by atoms with Crippen molar-refractivity contribution in [2.45, 2.75) is 384 Å². The first-order valence-corrected chi connectivity index (χ1v) is 43.5. The Morgan fingerprint density at radius 3 is 1.00 bits per heavy atom. The van der Waals surface area contributed by atoms with Crippen LogP contribution >= 0.6 is 0 Å². The lowest BCUT2D eigenvalue weighted by Crippen LogP contribution is -2.43. The van der Waals surface area contributed by atoms with Gasteiger partial charge in [-0.15, -0.1) is 0 Å². The topological polar surface area (TPSA) is 18.5 Å². The van der Waals surface area contributed by atoms with Crippen LogP contribution in [0.25, 0.3) is 0 Å². The molecule has 0 N–H and O–H groups in total. The van der Waals surface area contributed by atoms with Crippen molar-refractivity contribution in [2.24, 2.45) is 123 Å². The first kappa shape index (κ1) is 82.1. The van der Waals surface area contributed by atoms with Crippen molar-refractivity contribution in [3.8, 4) is 94.7 Å². The minimum absolute atomic E-state index is 0.232. The van der Waals surface area contributed by atoms with E-state index in [4.69, 9.17) is 9.47 Å². The molecule has 0 amide bonds. The highest BCUT2D eigenvalue weighted by molar-refractivity contribution is 5.31. The molecular weight excluding hydrogens is 1210 g/mol. The van der Waals surface area contributed by atoms with Crippen molar-refractivity contribution in [3.63, 3.8) is 0 Å². The summed E-state index contributed by atoms with van der Waals surface area (Å²) in [6, 6.07) is 0. The average molecular weight is 1360 g/mol. The fraction of sp³-hybridized carbons (Fsp3) is 0.837. The van der Waals surface area contributed by atoms with Gasteiger partial charge >= 0.3 is 0 Å². The van der Waals surface area contributed by atoms with Gasteiger partial charge in [-0.1, -0.05) is 224 Å². The van der Waals surface area contributed by atoms with Gasteiger partial charge in [0.25, 0.3) is 0 Å². The Balaban J connectivity index is 0.000000171. The van der Waals surface area contributed by atoms with Gasteiger partial charge < -0.3 is 9.47 Å². The van der Waals surface area contributed by atoms with E-state index in [9.17, 15) is 0 Å². The van der Waals surface area contributed by atoms with Crippen molar-refractivity contribution in [2.75, 3.05) is 13.2 Å². The second kappa shape index (κ2) is 43.1. The Morgan fingerprint density at radius 1 is 0.270 bits per heavy atom. The molecule has 11 aliphatic rings. The van der Waals surface area contributed by atoms with E-state index >= 15 is 0 Å². The van der Waals surface area contributed by atoms with Crippen LogP contribution in [0.1, 0.15) is 378 Å². The summed E-state index contributed by atoms with van der Waals surface area (Å²) in [6.45, 7) is 27.8. The first-order chi connectivity index (χ1) is 48.4. The van der Waals surface area contributed by atoms with Crippen LogP contribution in [0.5, 0.6) is 0 Å². The second-order valence-electron chi connectivity index (χ2n) is 37.3. The predicted octanol–water partition coefficient (Wildman–Crippen LogP) is 26.1. The molecule has 11 fully saturated rings. The van der Waals surface area contributed by atoms with Gasteiger partial charge in [0.15, 0.2) is 0 Å². The zero-order chi connectivity index (χ0) is 71.1. The van der Waals surface area contributed by atoms with Crippen LogP contribution in [0, 0.1) is 217 Å². The van der Waals surface area contributed by atoms with E-state index in [0.717, 1.165) is 114 Å². The molecule has 0 spiro atoms. The Labute approximate surface area is 620 Å². The molecule has 1 aliphatic heterocycles. The number of rotatable bonds is 13. The van der Waals surface area contributed by atoms with Crippen LogP contribution in [-0.4, -0.2) is 19.0 Å². The van der Waals surface area contributed by atoms with E-state index in [-0.39, 0.29) is 10.8 Å². The van der Waals surface area contributed by atoms with Crippen LogP contribution in [0.15, 0.2) is 0 Å². The summed E-state index contributed by atoms with van der Waals surface area (Å²) in [5.74, 6) is 65.7. The smallest absolute Gasteiger partial charge is 0.231 e. The van der Waals surface area contributed by atoms with Crippen LogP contribution in [0.4, 0.5) is 0 Å². The number of hydrogen-bond donors (Lipinski definition) is 0. The zero-order valence-corrected chi connectivity index (χ0v) is 67.1. The monoisotopic (exact) mass is 1360 g/mol. The molecule has 10 saturated carbocycles. The average Bonchev–Trinajstić information content (AvgIpc) is 0.788. The molecule has 0 aromatic carbocycles. The maximum atomic E-state index is 5.84. The summed E-state index contributed by atoms with van der Waals surface area (Å²) in [4.78, 5) is 0. The van der Waals surface area contributed by atoms with Crippen molar-refractivity contribution in [1.82, 2.24) is 0 Å². The summed E-state index contributed by atoms with van der Waals surface area (Å²) >= 11 is 0. The predicted molar refractivity (Wildman–Crippen MR) is 427 cm³/mol. The molecule has 0 atom stereocenters. The summed E-state index contributed by atoms with van der Waals surface area (Å²) in [6.07, 6.45) is 66.1. The van der Waals surface area contributed by atoms with E-state index in [0.29, 0.717) is 11.3 Å². The molecule has 0 radical (unpaired) electrons. The highest BCUT2D eigenvalue weighted by Crippen LogP contribution is 2.53. The van der Waals surface area contributed by atoms with Gasteiger partial charge in [-0.05, 0) is 343 Å². The van der Waals surface area contributed by atoms with Gasteiger partial charge in [-0.25, -0.2) is 0 Å². The standard InChI is InChI=1S/3C27H42.C17H24O2/c1-4-5-6-18-27(19-15-24-11-7-22(2)8-12-24)20-16-26(17-21-27)25-13-9-23(3)10-14-25;1-4-5-6-19-27(3)20-17-24(18-21-27)10-9-23-11-15-26(16-12-23)25-13-7-22(2)8-14-25;1-4-5-6-19-27(20-17-23(3)18-21-27)26-15-13-25(14-16-26)12-11-24-9-7-22(2)8-10-24;1-4-5-6-11-17(3)18-12-16(13-19-17)15-9-7-14(2)8-10-15/h22-26H,7-17,19-21H2,1-3H3;2*22-26H,7-18,20-21H2,1-3H3;14-16H,7-10,12-13H2,1-3H3. The first-order valence-electron chi connectivity index (χ1n) is 43.5. The number of hydrogen-bond acceptors (Lipinski definition) is 2. The lowest BCUT2D eigenvalue weighted by molar-refractivity contribution is -0.245. The molecule has 100 heavy (non-hydrogen) atoms. The molecule has 1 saturated heterocycles. The minimum atomic E-state index is -0.762. The third-order valence-corrected chi connectivity index (χ3v) is 29.5. The molecule has 11 rings (SSSR count). The normalized spacial score (nSPS) is 39.4. The van der Waals surface area contributed by atoms with E-state index in [1.165, 1.54) is 283 Å². The molecule has 0 bridgehead atoms. The Kier molecular flexibility index (Phi) is 35.4. The second-order valence-corrected chi connectivity index (χ2v) is 37.3. The maximum absolute atomic E-state index is 5.84. The summed E-state index contributed by atoms with van der Waals surface area (Å²) in [5.41, 5.74) is 0.808. The molecule has 2 heteroatoms.